The van der Waals surface area contributed by atoms with Crippen LogP contribution in [0.25, 0.3) is 11.3 Å². The number of hydrogen-bond donors (Lipinski definition) is 0. The van der Waals surface area contributed by atoms with E-state index in [9.17, 15) is 0 Å². The second-order valence-electron chi connectivity index (χ2n) is 4.77. The zero-order valence-electron chi connectivity index (χ0n) is 11.2. The predicted octanol–water partition coefficient (Wildman–Crippen LogP) is 1.85. The summed E-state index contributed by atoms with van der Waals surface area (Å²) in [4.78, 5) is 0. The zero-order valence-corrected chi connectivity index (χ0v) is 12.9. The van der Waals surface area contributed by atoms with Crippen molar-refractivity contribution in [3.8, 4) is 28.5 Å². The van der Waals surface area contributed by atoms with Gasteiger partial charge in [0.05, 0.1) is 0 Å². The molecule has 100 valence electrons. The molecule has 0 amide bonds. The molecular formula is C13H14N2O3Se. The molecule has 0 saturated heterocycles. The third-order valence-electron chi connectivity index (χ3n) is 3.14. The standard InChI is InChI=1S/C13H14N2O3Se/c1-13(2)12-11(14-15-19-12)7-5-9(16-3)10(17-4)6-8(7)18-13/h5-6H,1-4H3. The Morgan fingerprint density at radius 1 is 1.16 bits per heavy atom. The first-order valence-corrected chi connectivity index (χ1v) is 7.47. The molecule has 0 N–H and O–H groups in total. The molecule has 5 nitrogen and oxygen atoms in total. The summed E-state index contributed by atoms with van der Waals surface area (Å²) in [5.41, 5.74) is 1.48. The van der Waals surface area contributed by atoms with Crippen LogP contribution in [0.2, 0.25) is 0 Å². The van der Waals surface area contributed by atoms with Gasteiger partial charge in [-0.2, -0.15) is 0 Å². The molecule has 0 bridgehead atoms. The summed E-state index contributed by atoms with van der Waals surface area (Å²) < 4.78 is 22.1. The fourth-order valence-electron chi connectivity index (χ4n) is 2.21. The predicted molar refractivity (Wildman–Crippen MR) is 71.2 cm³/mol. The van der Waals surface area contributed by atoms with E-state index in [0.717, 1.165) is 17.0 Å². The molecule has 0 unspecified atom stereocenters. The van der Waals surface area contributed by atoms with Gasteiger partial charge in [0.25, 0.3) is 0 Å². The van der Waals surface area contributed by atoms with Crippen LogP contribution < -0.4 is 14.2 Å². The Kier molecular flexibility index (Phi) is 2.80. The van der Waals surface area contributed by atoms with Crippen molar-refractivity contribution >= 4 is 14.7 Å². The summed E-state index contributed by atoms with van der Waals surface area (Å²) in [5, 5.41) is 4.28. The topological polar surface area (TPSA) is 53.5 Å². The molecule has 1 aliphatic heterocycles. The SMILES string of the molecule is COc1cc2c(cc1OC)-c1nn[se]c1C(C)(C)O2. The Hall–Kier alpha value is -1.52. The van der Waals surface area contributed by atoms with Crippen molar-refractivity contribution in [3.05, 3.63) is 16.6 Å². The number of hydrogen-bond acceptors (Lipinski definition) is 5. The minimum atomic E-state index is -0.370. The second kappa shape index (κ2) is 4.25. The second-order valence-corrected chi connectivity index (χ2v) is 6.35. The average molecular weight is 325 g/mol. The summed E-state index contributed by atoms with van der Waals surface area (Å²) in [6, 6.07) is 3.75. The van der Waals surface area contributed by atoms with Gasteiger partial charge in [0, 0.05) is 0 Å². The van der Waals surface area contributed by atoms with Crippen LogP contribution in [0.1, 0.15) is 18.3 Å². The summed E-state index contributed by atoms with van der Waals surface area (Å²) in [7, 11) is 3.23. The molecule has 1 aromatic carbocycles. The van der Waals surface area contributed by atoms with Crippen LogP contribution in [0.4, 0.5) is 0 Å². The maximum absolute atomic E-state index is 6.08. The first kappa shape index (κ1) is 12.5. The monoisotopic (exact) mass is 326 g/mol. The molecular weight excluding hydrogens is 311 g/mol. The van der Waals surface area contributed by atoms with Gasteiger partial charge in [0.1, 0.15) is 0 Å². The van der Waals surface area contributed by atoms with Crippen LogP contribution >= 0.6 is 0 Å². The molecule has 2 aromatic rings. The normalized spacial score (nSPS) is 15.2. The van der Waals surface area contributed by atoms with Crippen LogP contribution in [-0.2, 0) is 5.60 Å². The molecule has 2 heterocycles. The quantitative estimate of drug-likeness (QED) is 0.789. The van der Waals surface area contributed by atoms with Crippen LogP contribution in [-0.4, -0.2) is 38.1 Å². The number of ether oxygens (including phenoxy) is 3. The summed E-state index contributed by atoms with van der Waals surface area (Å²) in [6.07, 6.45) is 0. The number of nitrogens with zero attached hydrogens (tertiary/aromatic N) is 2. The molecule has 1 aliphatic rings. The van der Waals surface area contributed by atoms with Crippen molar-refractivity contribution in [1.82, 2.24) is 9.19 Å². The Morgan fingerprint density at radius 2 is 1.84 bits per heavy atom. The van der Waals surface area contributed by atoms with Gasteiger partial charge in [-0.25, -0.2) is 0 Å². The molecule has 0 fully saturated rings. The molecule has 19 heavy (non-hydrogen) atoms. The third kappa shape index (κ3) is 1.83. The third-order valence-corrected chi connectivity index (χ3v) is 5.30. The van der Waals surface area contributed by atoms with E-state index in [0.29, 0.717) is 11.5 Å². The van der Waals surface area contributed by atoms with Crippen molar-refractivity contribution in [3.63, 3.8) is 0 Å². The molecule has 0 aliphatic carbocycles. The van der Waals surface area contributed by atoms with Gasteiger partial charge in [0.15, 0.2) is 0 Å². The Labute approximate surface area is 117 Å². The van der Waals surface area contributed by atoms with Crippen molar-refractivity contribution in [1.29, 1.82) is 0 Å². The Bertz CT molecular complexity index is 637. The van der Waals surface area contributed by atoms with Crippen LogP contribution in [0.15, 0.2) is 12.1 Å². The van der Waals surface area contributed by atoms with E-state index in [1.165, 1.54) is 4.44 Å². The molecule has 6 heteroatoms. The molecule has 0 radical (unpaired) electrons. The van der Waals surface area contributed by atoms with E-state index < -0.39 is 0 Å². The van der Waals surface area contributed by atoms with Crippen molar-refractivity contribution < 1.29 is 14.2 Å². The Morgan fingerprint density at radius 3 is 2.53 bits per heavy atom. The maximum atomic E-state index is 6.08. The first-order valence-electron chi connectivity index (χ1n) is 5.85. The first-order chi connectivity index (χ1) is 9.06. The van der Waals surface area contributed by atoms with E-state index in [1.807, 2.05) is 26.0 Å². The average Bonchev–Trinajstić information content (AvgIpc) is 2.87. The van der Waals surface area contributed by atoms with E-state index in [1.54, 1.807) is 14.2 Å². The summed E-state index contributed by atoms with van der Waals surface area (Å²) >= 11 is 0.0175. The van der Waals surface area contributed by atoms with Gasteiger partial charge in [-0.3, -0.25) is 0 Å². The van der Waals surface area contributed by atoms with Crippen LogP contribution in [0, 0.1) is 0 Å². The van der Waals surface area contributed by atoms with E-state index >= 15 is 0 Å². The number of benzene rings is 1. The number of aromatic nitrogens is 2. The van der Waals surface area contributed by atoms with Crippen LogP contribution in [0.5, 0.6) is 17.2 Å². The number of fused-ring (bicyclic) bond motifs is 3. The molecule has 0 spiro atoms. The zero-order chi connectivity index (χ0) is 13.6. The van der Waals surface area contributed by atoms with Gasteiger partial charge in [-0.1, -0.05) is 0 Å². The van der Waals surface area contributed by atoms with Gasteiger partial charge >= 0.3 is 117 Å². The fourth-order valence-corrected chi connectivity index (χ4v) is 3.69. The van der Waals surface area contributed by atoms with Gasteiger partial charge in [0.2, 0.25) is 0 Å². The number of methoxy groups -OCH3 is 2. The van der Waals surface area contributed by atoms with Crippen molar-refractivity contribution in [2.75, 3.05) is 14.2 Å². The van der Waals surface area contributed by atoms with Crippen molar-refractivity contribution in [2.24, 2.45) is 0 Å². The molecule has 3 rings (SSSR count). The fraction of sp³-hybridized carbons (Fsp3) is 0.385. The minimum absolute atomic E-state index is 0.0175. The van der Waals surface area contributed by atoms with Gasteiger partial charge in [-0.05, 0) is 0 Å². The van der Waals surface area contributed by atoms with Gasteiger partial charge in [-0.15, -0.1) is 0 Å². The summed E-state index contributed by atoms with van der Waals surface area (Å²) in [6.45, 7) is 4.08. The molecule has 0 atom stereocenters. The van der Waals surface area contributed by atoms with E-state index in [2.05, 4.69) is 9.19 Å². The van der Waals surface area contributed by atoms with E-state index in [-0.39, 0.29) is 20.3 Å². The molecule has 1 aromatic heterocycles. The summed E-state index contributed by atoms with van der Waals surface area (Å²) in [5.74, 6) is 2.09. The van der Waals surface area contributed by atoms with E-state index in [4.69, 9.17) is 14.2 Å². The van der Waals surface area contributed by atoms with Crippen molar-refractivity contribution in [2.45, 2.75) is 19.4 Å². The van der Waals surface area contributed by atoms with Crippen LogP contribution in [0.3, 0.4) is 0 Å². The molecule has 0 saturated carbocycles. The van der Waals surface area contributed by atoms with Gasteiger partial charge < -0.3 is 0 Å². The Balaban J connectivity index is 2.25. The number of rotatable bonds is 2.